The smallest absolute Gasteiger partial charge is 0.227 e. The molecule has 1 fully saturated rings. The SMILES string of the molecule is NC(=O)CSc1nnc(-c2ccncc2)n1C1CC1. The first-order chi connectivity index (χ1) is 9.25. The van der Waals surface area contributed by atoms with Gasteiger partial charge in [-0.25, -0.2) is 0 Å². The Morgan fingerprint density at radius 1 is 1.37 bits per heavy atom. The van der Waals surface area contributed by atoms with E-state index < -0.39 is 0 Å². The molecule has 19 heavy (non-hydrogen) atoms. The highest BCUT2D eigenvalue weighted by Gasteiger charge is 2.30. The van der Waals surface area contributed by atoms with Crippen LogP contribution in [-0.4, -0.2) is 31.4 Å². The molecule has 1 aliphatic carbocycles. The van der Waals surface area contributed by atoms with Gasteiger partial charge in [-0.1, -0.05) is 11.8 Å². The van der Waals surface area contributed by atoms with Crippen LogP contribution in [0.3, 0.4) is 0 Å². The number of rotatable bonds is 5. The second-order valence-electron chi connectivity index (χ2n) is 4.40. The average Bonchev–Trinajstić information content (AvgIpc) is 3.17. The minimum atomic E-state index is -0.346. The maximum absolute atomic E-state index is 10.9. The number of primary amides is 1. The number of pyridine rings is 1. The second kappa shape index (κ2) is 5.00. The van der Waals surface area contributed by atoms with E-state index in [9.17, 15) is 4.79 Å². The van der Waals surface area contributed by atoms with Crippen molar-refractivity contribution in [3.05, 3.63) is 24.5 Å². The van der Waals surface area contributed by atoms with Gasteiger partial charge < -0.3 is 5.73 Å². The Balaban J connectivity index is 1.94. The number of hydrogen-bond donors (Lipinski definition) is 1. The predicted octanol–water partition coefficient (Wildman–Crippen LogP) is 1.25. The maximum atomic E-state index is 10.9. The molecular weight excluding hydrogens is 262 g/mol. The van der Waals surface area contributed by atoms with Crippen molar-refractivity contribution in [3.8, 4) is 11.4 Å². The Bertz CT molecular complexity index is 593. The molecule has 0 saturated heterocycles. The fourth-order valence-corrected chi connectivity index (χ4v) is 2.62. The number of carbonyl (C=O) groups excluding carboxylic acids is 1. The summed E-state index contributed by atoms with van der Waals surface area (Å²) in [5, 5.41) is 9.17. The largest absolute Gasteiger partial charge is 0.369 e. The molecule has 2 aromatic heterocycles. The molecule has 0 unspecified atom stereocenters. The molecule has 0 radical (unpaired) electrons. The number of hydrogen-bond acceptors (Lipinski definition) is 5. The third kappa shape index (κ3) is 2.60. The fourth-order valence-electron chi connectivity index (χ4n) is 1.87. The zero-order valence-electron chi connectivity index (χ0n) is 10.2. The van der Waals surface area contributed by atoms with Gasteiger partial charge in [-0.15, -0.1) is 10.2 Å². The molecule has 0 bridgehead atoms. The van der Waals surface area contributed by atoms with Crippen LogP contribution in [0.2, 0.25) is 0 Å². The first-order valence-corrected chi connectivity index (χ1v) is 7.00. The molecule has 1 amide bonds. The Hall–Kier alpha value is -1.89. The van der Waals surface area contributed by atoms with Crippen LogP contribution in [0.1, 0.15) is 18.9 Å². The van der Waals surface area contributed by atoms with E-state index in [4.69, 9.17) is 5.73 Å². The summed E-state index contributed by atoms with van der Waals surface area (Å²) < 4.78 is 2.10. The molecule has 2 N–H and O–H groups in total. The molecule has 2 aromatic rings. The quantitative estimate of drug-likeness (QED) is 0.830. The van der Waals surface area contributed by atoms with Crippen molar-refractivity contribution in [1.82, 2.24) is 19.7 Å². The van der Waals surface area contributed by atoms with Gasteiger partial charge in [0.05, 0.1) is 5.75 Å². The van der Waals surface area contributed by atoms with Gasteiger partial charge in [0.25, 0.3) is 0 Å². The van der Waals surface area contributed by atoms with Crippen LogP contribution in [0, 0.1) is 0 Å². The minimum Gasteiger partial charge on any atom is -0.369 e. The lowest BCUT2D eigenvalue weighted by Gasteiger charge is -2.07. The van der Waals surface area contributed by atoms with Crippen molar-refractivity contribution in [2.45, 2.75) is 24.0 Å². The van der Waals surface area contributed by atoms with Crippen LogP contribution in [0.4, 0.5) is 0 Å². The lowest BCUT2D eigenvalue weighted by molar-refractivity contribution is -0.115. The summed E-state index contributed by atoms with van der Waals surface area (Å²) in [6.45, 7) is 0. The summed E-state index contributed by atoms with van der Waals surface area (Å²) >= 11 is 1.34. The molecule has 98 valence electrons. The molecule has 6 nitrogen and oxygen atoms in total. The van der Waals surface area contributed by atoms with E-state index in [1.807, 2.05) is 12.1 Å². The highest BCUT2D eigenvalue weighted by atomic mass is 32.2. The number of thioether (sulfide) groups is 1. The Labute approximate surface area is 114 Å². The molecule has 7 heteroatoms. The van der Waals surface area contributed by atoms with Crippen LogP contribution in [-0.2, 0) is 4.79 Å². The van der Waals surface area contributed by atoms with Crippen molar-refractivity contribution < 1.29 is 4.79 Å². The topological polar surface area (TPSA) is 86.7 Å². The lowest BCUT2D eigenvalue weighted by Crippen LogP contribution is -2.13. The summed E-state index contributed by atoms with van der Waals surface area (Å²) in [6.07, 6.45) is 5.72. The van der Waals surface area contributed by atoms with Gasteiger partial charge in [-0.05, 0) is 25.0 Å². The molecule has 2 heterocycles. The van der Waals surface area contributed by atoms with Gasteiger partial charge in [0.15, 0.2) is 11.0 Å². The Morgan fingerprint density at radius 3 is 2.74 bits per heavy atom. The summed E-state index contributed by atoms with van der Waals surface area (Å²) in [7, 11) is 0. The van der Waals surface area contributed by atoms with E-state index >= 15 is 0 Å². The van der Waals surface area contributed by atoms with Crippen molar-refractivity contribution in [1.29, 1.82) is 0 Å². The van der Waals surface area contributed by atoms with Crippen LogP contribution in [0.15, 0.2) is 29.7 Å². The van der Waals surface area contributed by atoms with Crippen molar-refractivity contribution >= 4 is 17.7 Å². The monoisotopic (exact) mass is 275 g/mol. The Morgan fingerprint density at radius 2 is 2.11 bits per heavy atom. The molecule has 0 atom stereocenters. The highest BCUT2D eigenvalue weighted by Crippen LogP contribution is 2.40. The summed E-state index contributed by atoms with van der Waals surface area (Å²) in [4.78, 5) is 14.9. The molecule has 0 spiro atoms. The van der Waals surface area contributed by atoms with Crippen molar-refractivity contribution in [3.63, 3.8) is 0 Å². The zero-order valence-corrected chi connectivity index (χ0v) is 11.0. The number of carbonyl (C=O) groups is 1. The van der Waals surface area contributed by atoms with Crippen molar-refractivity contribution in [2.24, 2.45) is 5.73 Å². The van der Waals surface area contributed by atoms with Crippen LogP contribution < -0.4 is 5.73 Å². The van der Waals surface area contributed by atoms with Crippen LogP contribution >= 0.6 is 11.8 Å². The minimum absolute atomic E-state index is 0.223. The summed E-state index contributed by atoms with van der Waals surface area (Å²) in [5.41, 5.74) is 6.16. The van der Waals surface area contributed by atoms with Gasteiger partial charge in [0.1, 0.15) is 0 Å². The van der Waals surface area contributed by atoms with Crippen molar-refractivity contribution in [2.75, 3.05) is 5.75 Å². The first kappa shape index (κ1) is 12.2. The summed E-state index contributed by atoms with van der Waals surface area (Å²) in [6, 6.07) is 4.25. The van der Waals surface area contributed by atoms with Crippen LogP contribution in [0.25, 0.3) is 11.4 Å². The van der Waals surface area contributed by atoms with Crippen LogP contribution in [0.5, 0.6) is 0 Å². The maximum Gasteiger partial charge on any atom is 0.227 e. The van der Waals surface area contributed by atoms with E-state index in [2.05, 4.69) is 19.7 Å². The van der Waals surface area contributed by atoms with Gasteiger partial charge in [0, 0.05) is 24.0 Å². The van der Waals surface area contributed by atoms with E-state index in [1.54, 1.807) is 12.4 Å². The molecule has 1 aliphatic rings. The molecule has 3 rings (SSSR count). The molecule has 0 aliphatic heterocycles. The predicted molar refractivity (Wildman–Crippen MR) is 71.4 cm³/mol. The number of nitrogens with two attached hydrogens (primary N) is 1. The normalized spacial score (nSPS) is 14.5. The average molecular weight is 275 g/mol. The lowest BCUT2D eigenvalue weighted by atomic mass is 10.2. The zero-order chi connectivity index (χ0) is 13.2. The van der Waals surface area contributed by atoms with Gasteiger partial charge >= 0.3 is 0 Å². The van der Waals surface area contributed by atoms with E-state index in [0.717, 1.165) is 29.4 Å². The number of aromatic nitrogens is 4. The molecule has 0 aromatic carbocycles. The van der Waals surface area contributed by atoms with Gasteiger partial charge in [-0.2, -0.15) is 0 Å². The highest BCUT2D eigenvalue weighted by molar-refractivity contribution is 7.99. The van der Waals surface area contributed by atoms with E-state index in [1.165, 1.54) is 11.8 Å². The molecular formula is C12H13N5OS. The van der Waals surface area contributed by atoms with E-state index in [0.29, 0.717) is 6.04 Å². The first-order valence-electron chi connectivity index (χ1n) is 6.02. The third-order valence-electron chi connectivity index (χ3n) is 2.86. The van der Waals surface area contributed by atoms with E-state index in [-0.39, 0.29) is 11.7 Å². The Kier molecular flexibility index (Phi) is 3.20. The third-order valence-corrected chi connectivity index (χ3v) is 3.82. The second-order valence-corrected chi connectivity index (χ2v) is 5.34. The standard InChI is InChI=1S/C12H13N5OS/c13-10(18)7-19-12-16-15-11(17(12)9-1-2-9)8-3-5-14-6-4-8/h3-6,9H,1-2,7H2,(H2,13,18). The summed E-state index contributed by atoms with van der Waals surface area (Å²) in [5.74, 6) is 0.707. The number of amides is 1. The molecule has 1 saturated carbocycles. The van der Waals surface area contributed by atoms with Gasteiger partial charge in [-0.3, -0.25) is 14.3 Å². The van der Waals surface area contributed by atoms with Gasteiger partial charge in [0.2, 0.25) is 5.91 Å². The fraction of sp³-hybridized carbons (Fsp3) is 0.333. The number of nitrogens with zero attached hydrogens (tertiary/aromatic N) is 4.